The van der Waals surface area contributed by atoms with Crippen LogP contribution in [0.25, 0.3) is 0 Å². The van der Waals surface area contributed by atoms with E-state index in [1.807, 2.05) is 25.6 Å². The molecule has 1 aromatic heterocycles. The zero-order valence-electron chi connectivity index (χ0n) is 16.3. The smallest absolute Gasteiger partial charge is 0.308 e. The van der Waals surface area contributed by atoms with Gasteiger partial charge in [0.15, 0.2) is 0 Å². The third-order valence-corrected chi connectivity index (χ3v) is 5.15. The van der Waals surface area contributed by atoms with Gasteiger partial charge in [0, 0.05) is 32.1 Å². The zero-order chi connectivity index (χ0) is 18.5. The number of hydrogen-bond acceptors (Lipinski definition) is 4. The van der Waals surface area contributed by atoms with Crippen molar-refractivity contribution in [1.29, 1.82) is 0 Å². The van der Waals surface area contributed by atoms with Crippen LogP contribution in [0.4, 0.5) is 0 Å². The van der Waals surface area contributed by atoms with Crippen molar-refractivity contribution < 1.29 is 0 Å². The molecule has 0 radical (unpaired) electrons. The van der Waals surface area contributed by atoms with Gasteiger partial charge in [-0.25, -0.2) is 9.48 Å². The second-order valence-corrected chi connectivity index (χ2v) is 7.47. The standard InChI is InChI=1S/C20H31N5O/c1-4-24-19(21-25(20(24)26)14-13-22(2)3)18-11-8-12-23(16-18)15-17-9-6-5-7-10-17/h5-7,9-10,18H,4,8,11-16H2,1-3H3/t18-/m1/s1. The molecule has 1 aliphatic rings. The van der Waals surface area contributed by atoms with Crippen molar-refractivity contribution in [3.05, 3.63) is 52.2 Å². The van der Waals surface area contributed by atoms with Crippen LogP contribution in [0.5, 0.6) is 0 Å². The first-order chi connectivity index (χ1) is 12.6. The lowest BCUT2D eigenvalue weighted by Crippen LogP contribution is -2.35. The molecule has 1 fully saturated rings. The van der Waals surface area contributed by atoms with Crippen molar-refractivity contribution in [3.8, 4) is 0 Å². The molecule has 2 heterocycles. The van der Waals surface area contributed by atoms with Crippen LogP contribution in [0.1, 0.15) is 37.1 Å². The summed E-state index contributed by atoms with van der Waals surface area (Å²) in [5, 5.41) is 4.73. The molecule has 6 heteroatoms. The lowest BCUT2D eigenvalue weighted by Gasteiger charge is -2.32. The number of piperidine rings is 1. The van der Waals surface area contributed by atoms with Gasteiger partial charge in [-0.15, -0.1) is 0 Å². The average molecular weight is 358 g/mol. The summed E-state index contributed by atoms with van der Waals surface area (Å²) in [5.41, 5.74) is 1.38. The second-order valence-electron chi connectivity index (χ2n) is 7.47. The summed E-state index contributed by atoms with van der Waals surface area (Å²) >= 11 is 0. The lowest BCUT2D eigenvalue weighted by atomic mass is 9.96. The summed E-state index contributed by atoms with van der Waals surface area (Å²) in [4.78, 5) is 17.3. The molecule has 26 heavy (non-hydrogen) atoms. The molecular weight excluding hydrogens is 326 g/mol. The molecular formula is C20H31N5O. The maximum absolute atomic E-state index is 12.7. The molecule has 1 atom stereocenters. The van der Waals surface area contributed by atoms with Crippen LogP contribution >= 0.6 is 0 Å². The molecule has 0 aliphatic carbocycles. The lowest BCUT2D eigenvalue weighted by molar-refractivity contribution is 0.194. The number of rotatable bonds is 7. The fraction of sp³-hybridized carbons (Fsp3) is 0.600. The average Bonchev–Trinajstić information content (AvgIpc) is 2.97. The molecule has 0 spiro atoms. The van der Waals surface area contributed by atoms with E-state index < -0.39 is 0 Å². The first kappa shape index (κ1) is 18.9. The molecule has 1 aromatic carbocycles. The minimum atomic E-state index is 0.0320. The van der Waals surface area contributed by atoms with E-state index in [-0.39, 0.29) is 5.69 Å². The van der Waals surface area contributed by atoms with E-state index in [4.69, 9.17) is 5.10 Å². The molecule has 2 aromatic rings. The highest BCUT2D eigenvalue weighted by atomic mass is 16.2. The van der Waals surface area contributed by atoms with Gasteiger partial charge in [-0.2, -0.15) is 5.10 Å². The summed E-state index contributed by atoms with van der Waals surface area (Å²) in [6.07, 6.45) is 2.26. The second kappa shape index (κ2) is 8.64. The molecule has 0 amide bonds. The summed E-state index contributed by atoms with van der Waals surface area (Å²) in [6, 6.07) is 10.6. The normalized spacial score (nSPS) is 18.5. The third-order valence-electron chi connectivity index (χ3n) is 5.15. The summed E-state index contributed by atoms with van der Waals surface area (Å²) in [5.74, 6) is 1.30. The zero-order valence-corrected chi connectivity index (χ0v) is 16.3. The molecule has 0 unspecified atom stereocenters. The number of likely N-dealkylation sites (tertiary alicyclic amines) is 1. The maximum Gasteiger partial charge on any atom is 0.345 e. The number of hydrogen-bond donors (Lipinski definition) is 0. The van der Waals surface area contributed by atoms with Gasteiger partial charge in [0.05, 0.1) is 6.54 Å². The molecule has 0 bridgehead atoms. The van der Waals surface area contributed by atoms with Gasteiger partial charge < -0.3 is 4.90 Å². The number of benzene rings is 1. The van der Waals surface area contributed by atoms with Crippen molar-refractivity contribution in [2.24, 2.45) is 0 Å². The van der Waals surface area contributed by atoms with Gasteiger partial charge in [-0.1, -0.05) is 30.3 Å². The molecule has 6 nitrogen and oxygen atoms in total. The van der Waals surface area contributed by atoms with Crippen molar-refractivity contribution in [1.82, 2.24) is 24.1 Å². The largest absolute Gasteiger partial charge is 0.345 e. The van der Waals surface area contributed by atoms with Gasteiger partial charge in [-0.3, -0.25) is 9.47 Å². The van der Waals surface area contributed by atoms with Crippen molar-refractivity contribution in [2.75, 3.05) is 33.7 Å². The molecule has 1 aliphatic heterocycles. The van der Waals surface area contributed by atoms with Crippen LogP contribution in [-0.4, -0.2) is 57.9 Å². The van der Waals surface area contributed by atoms with E-state index >= 15 is 0 Å². The Hall–Kier alpha value is -1.92. The van der Waals surface area contributed by atoms with Gasteiger partial charge in [0.2, 0.25) is 0 Å². The van der Waals surface area contributed by atoms with Crippen molar-refractivity contribution in [2.45, 2.75) is 45.3 Å². The van der Waals surface area contributed by atoms with Crippen molar-refractivity contribution in [3.63, 3.8) is 0 Å². The molecule has 142 valence electrons. The van der Waals surface area contributed by atoms with E-state index in [0.717, 1.165) is 44.8 Å². The van der Waals surface area contributed by atoms with Gasteiger partial charge in [0.25, 0.3) is 0 Å². The molecule has 1 saturated heterocycles. The van der Waals surface area contributed by atoms with E-state index in [9.17, 15) is 4.79 Å². The maximum atomic E-state index is 12.7. The quantitative estimate of drug-likeness (QED) is 0.760. The highest BCUT2D eigenvalue weighted by Crippen LogP contribution is 2.26. The Morgan fingerprint density at radius 2 is 2.00 bits per heavy atom. The highest BCUT2D eigenvalue weighted by Gasteiger charge is 2.27. The van der Waals surface area contributed by atoms with E-state index in [2.05, 4.69) is 40.1 Å². The Labute approximate surface area is 156 Å². The summed E-state index contributed by atoms with van der Waals surface area (Å²) < 4.78 is 3.52. The Bertz CT molecular complexity index is 749. The SMILES string of the molecule is CCn1c([C@@H]2CCCN(Cc3ccccc3)C2)nn(CCN(C)C)c1=O. The topological polar surface area (TPSA) is 46.3 Å². The Morgan fingerprint density at radius 1 is 1.23 bits per heavy atom. The Kier molecular flexibility index (Phi) is 6.27. The molecule has 0 N–H and O–H groups in total. The Morgan fingerprint density at radius 3 is 2.69 bits per heavy atom. The number of likely N-dealkylation sites (N-methyl/N-ethyl adjacent to an activating group) is 1. The van der Waals surface area contributed by atoms with Gasteiger partial charge >= 0.3 is 5.69 Å². The van der Waals surface area contributed by atoms with Crippen LogP contribution in [0.2, 0.25) is 0 Å². The van der Waals surface area contributed by atoms with Crippen LogP contribution in [0.15, 0.2) is 35.1 Å². The predicted octanol–water partition coefficient (Wildman–Crippen LogP) is 2.01. The fourth-order valence-corrected chi connectivity index (χ4v) is 3.75. The van der Waals surface area contributed by atoms with E-state index in [1.165, 1.54) is 5.56 Å². The van der Waals surface area contributed by atoms with Crippen LogP contribution in [-0.2, 0) is 19.6 Å². The summed E-state index contributed by atoms with van der Waals surface area (Å²) in [7, 11) is 4.04. The predicted molar refractivity (Wildman–Crippen MR) is 104 cm³/mol. The number of aromatic nitrogens is 3. The van der Waals surface area contributed by atoms with Gasteiger partial charge in [-0.05, 0) is 46.0 Å². The fourth-order valence-electron chi connectivity index (χ4n) is 3.75. The van der Waals surface area contributed by atoms with Crippen LogP contribution in [0, 0.1) is 0 Å². The van der Waals surface area contributed by atoms with Gasteiger partial charge in [0.1, 0.15) is 5.82 Å². The number of nitrogens with zero attached hydrogens (tertiary/aromatic N) is 5. The summed E-state index contributed by atoms with van der Waals surface area (Å²) in [6.45, 7) is 7.24. The highest BCUT2D eigenvalue weighted by molar-refractivity contribution is 5.15. The minimum Gasteiger partial charge on any atom is -0.308 e. The van der Waals surface area contributed by atoms with Crippen LogP contribution in [0.3, 0.4) is 0 Å². The first-order valence-corrected chi connectivity index (χ1v) is 9.67. The van der Waals surface area contributed by atoms with E-state index in [1.54, 1.807) is 4.68 Å². The molecule has 3 rings (SSSR count). The Balaban J connectivity index is 1.75. The minimum absolute atomic E-state index is 0.0320. The first-order valence-electron chi connectivity index (χ1n) is 9.67. The monoisotopic (exact) mass is 357 g/mol. The van der Waals surface area contributed by atoms with E-state index in [0.29, 0.717) is 19.0 Å². The third kappa shape index (κ3) is 4.43. The molecule has 0 saturated carbocycles. The van der Waals surface area contributed by atoms with Crippen molar-refractivity contribution >= 4 is 0 Å². The van der Waals surface area contributed by atoms with Crippen LogP contribution < -0.4 is 5.69 Å².